The van der Waals surface area contributed by atoms with Crippen molar-refractivity contribution >= 4 is 23.0 Å². The van der Waals surface area contributed by atoms with Crippen LogP contribution < -0.4 is 0 Å². The van der Waals surface area contributed by atoms with E-state index in [0.29, 0.717) is 18.8 Å². The van der Waals surface area contributed by atoms with E-state index < -0.39 is 0 Å². The highest BCUT2D eigenvalue weighted by Gasteiger charge is 2.23. The molecule has 0 bridgehead atoms. The lowest BCUT2D eigenvalue weighted by Gasteiger charge is -2.31. The Morgan fingerprint density at radius 2 is 1.96 bits per heavy atom. The number of carbonyl (C=O) groups excluding carboxylic acids is 2. The maximum atomic E-state index is 12.3. The molecule has 2 rings (SSSR count). The Balaban J connectivity index is 1.75. The van der Waals surface area contributed by atoms with Crippen LogP contribution in [-0.4, -0.2) is 42.9 Å². The van der Waals surface area contributed by atoms with Gasteiger partial charge in [0.2, 0.25) is 5.91 Å². The van der Waals surface area contributed by atoms with Crippen molar-refractivity contribution < 1.29 is 14.3 Å². The lowest BCUT2D eigenvalue weighted by Crippen LogP contribution is -2.39. The third-order valence-corrected chi connectivity index (χ3v) is 5.40. The fraction of sp³-hybridized carbons (Fsp3) is 0.667. The van der Waals surface area contributed by atoms with Crippen molar-refractivity contribution in [3.05, 3.63) is 21.4 Å². The van der Waals surface area contributed by atoms with Gasteiger partial charge in [0, 0.05) is 54.5 Å². The first kappa shape index (κ1) is 18.1. The Hall–Kier alpha value is -1.20. The number of ketones is 1. The third kappa shape index (κ3) is 5.15. The van der Waals surface area contributed by atoms with E-state index in [1.807, 2.05) is 31.7 Å². The van der Waals surface area contributed by atoms with Crippen molar-refractivity contribution in [3.8, 4) is 0 Å². The molecule has 0 unspecified atom stereocenters. The normalized spacial score (nSPS) is 15.9. The molecular formula is C18H27NO3S. The van der Waals surface area contributed by atoms with E-state index in [1.54, 1.807) is 11.3 Å². The number of thiophene rings is 1. The van der Waals surface area contributed by atoms with Crippen LogP contribution in [0, 0.1) is 19.8 Å². The average molecular weight is 337 g/mol. The van der Waals surface area contributed by atoms with Gasteiger partial charge in [0.05, 0.1) is 0 Å². The number of piperidine rings is 1. The fourth-order valence-corrected chi connectivity index (χ4v) is 4.00. The summed E-state index contributed by atoms with van der Waals surface area (Å²) in [6, 6.07) is 1.94. The zero-order valence-electron chi connectivity index (χ0n) is 14.4. The highest BCUT2D eigenvalue weighted by Crippen LogP contribution is 2.23. The SMILES string of the molecule is CCOCC1CCN(C(=O)CCC(=O)c2cc(C)sc2C)CC1. The molecule has 1 aliphatic heterocycles. The summed E-state index contributed by atoms with van der Waals surface area (Å²) in [7, 11) is 0. The highest BCUT2D eigenvalue weighted by molar-refractivity contribution is 7.12. The lowest BCUT2D eigenvalue weighted by atomic mass is 9.97. The number of hydrogen-bond donors (Lipinski definition) is 0. The van der Waals surface area contributed by atoms with E-state index in [-0.39, 0.29) is 11.7 Å². The number of rotatable bonds is 7. The summed E-state index contributed by atoms with van der Waals surface area (Å²) < 4.78 is 5.46. The Morgan fingerprint density at radius 3 is 2.52 bits per heavy atom. The minimum absolute atomic E-state index is 0.0893. The van der Waals surface area contributed by atoms with Gasteiger partial charge in [-0.3, -0.25) is 9.59 Å². The van der Waals surface area contributed by atoms with Crippen molar-refractivity contribution in [1.82, 2.24) is 4.90 Å². The Bertz CT molecular complexity index is 544. The molecule has 128 valence electrons. The van der Waals surface area contributed by atoms with Gasteiger partial charge in [-0.25, -0.2) is 0 Å². The van der Waals surface area contributed by atoms with Crippen molar-refractivity contribution in [2.45, 2.75) is 46.5 Å². The smallest absolute Gasteiger partial charge is 0.223 e. The molecule has 0 spiro atoms. The first-order chi connectivity index (χ1) is 11.0. The van der Waals surface area contributed by atoms with E-state index in [0.717, 1.165) is 54.5 Å². The van der Waals surface area contributed by atoms with Gasteiger partial charge in [0.1, 0.15) is 0 Å². The second kappa shape index (κ2) is 8.60. The first-order valence-electron chi connectivity index (χ1n) is 8.47. The van der Waals surface area contributed by atoms with E-state index in [4.69, 9.17) is 4.74 Å². The largest absolute Gasteiger partial charge is 0.381 e. The minimum atomic E-state index is 0.0893. The molecule has 1 amide bonds. The summed E-state index contributed by atoms with van der Waals surface area (Å²) >= 11 is 1.64. The zero-order valence-corrected chi connectivity index (χ0v) is 15.2. The second-order valence-corrected chi connectivity index (χ2v) is 7.69. The molecule has 2 heterocycles. The molecule has 5 heteroatoms. The monoisotopic (exact) mass is 337 g/mol. The van der Waals surface area contributed by atoms with Crippen molar-refractivity contribution in [3.63, 3.8) is 0 Å². The number of carbonyl (C=O) groups is 2. The number of ether oxygens (including phenoxy) is 1. The number of hydrogen-bond acceptors (Lipinski definition) is 4. The average Bonchev–Trinajstić information content (AvgIpc) is 2.89. The lowest BCUT2D eigenvalue weighted by molar-refractivity contribution is -0.132. The maximum absolute atomic E-state index is 12.3. The summed E-state index contributed by atoms with van der Waals surface area (Å²) in [5.41, 5.74) is 0.788. The standard InChI is InChI=1S/C18H27NO3S/c1-4-22-12-15-7-9-19(10-8-15)18(21)6-5-17(20)16-11-13(2)23-14(16)3/h11,15H,4-10,12H2,1-3H3. The van der Waals surface area contributed by atoms with E-state index in [2.05, 4.69) is 0 Å². The third-order valence-electron chi connectivity index (χ3n) is 4.43. The van der Waals surface area contributed by atoms with Gasteiger partial charge in [0.15, 0.2) is 5.78 Å². The van der Waals surface area contributed by atoms with Crippen LogP contribution in [0.5, 0.6) is 0 Å². The molecule has 0 saturated carbocycles. The van der Waals surface area contributed by atoms with Gasteiger partial charge < -0.3 is 9.64 Å². The number of amides is 1. The highest BCUT2D eigenvalue weighted by atomic mass is 32.1. The van der Waals surface area contributed by atoms with Gasteiger partial charge in [-0.2, -0.15) is 0 Å². The second-order valence-electron chi connectivity index (χ2n) is 6.23. The van der Waals surface area contributed by atoms with Crippen LogP contribution in [0.3, 0.4) is 0 Å². The Kier molecular flexibility index (Phi) is 6.78. The summed E-state index contributed by atoms with van der Waals surface area (Å²) in [6.07, 6.45) is 2.64. The molecule has 0 atom stereocenters. The molecule has 0 aromatic carbocycles. The van der Waals surface area contributed by atoms with Crippen molar-refractivity contribution in [1.29, 1.82) is 0 Å². The predicted octanol–water partition coefficient (Wildman–Crippen LogP) is 3.60. The topological polar surface area (TPSA) is 46.6 Å². The summed E-state index contributed by atoms with van der Waals surface area (Å²) in [6.45, 7) is 9.12. The maximum Gasteiger partial charge on any atom is 0.223 e. The Labute approximate surface area is 142 Å². The molecule has 1 aromatic rings. The number of Topliss-reactive ketones (excluding diaryl/α,β-unsaturated/α-hetero) is 1. The van der Waals surface area contributed by atoms with Gasteiger partial charge in [0.25, 0.3) is 0 Å². The molecular weight excluding hydrogens is 310 g/mol. The zero-order chi connectivity index (χ0) is 16.8. The van der Waals surface area contributed by atoms with E-state index >= 15 is 0 Å². The molecule has 1 aromatic heterocycles. The summed E-state index contributed by atoms with van der Waals surface area (Å²) in [4.78, 5) is 28.6. The number of likely N-dealkylation sites (tertiary alicyclic amines) is 1. The van der Waals surface area contributed by atoms with Gasteiger partial charge in [-0.15, -0.1) is 11.3 Å². The summed E-state index contributed by atoms with van der Waals surface area (Å²) in [5.74, 6) is 0.765. The van der Waals surface area contributed by atoms with Crippen molar-refractivity contribution in [2.24, 2.45) is 5.92 Å². The van der Waals surface area contributed by atoms with E-state index in [1.165, 1.54) is 0 Å². The van der Waals surface area contributed by atoms with Crippen LogP contribution in [0.4, 0.5) is 0 Å². The van der Waals surface area contributed by atoms with Crippen LogP contribution in [-0.2, 0) is 9.53 Å². The van der Waals surface area contributed by atoms with Crippen molar-refractivity contribution in [2.75, 3.05) is 26.3 Å². The molecule has 4 nitrogen and oxygen atoms in total. The molecule has 1 saturated heterocycles. The molecule has 0 aliphatic carbocycles. The van der Waals surface area contributed by atoms with Crippen LogP contribution in [0.2, 0.25) is 0 Å². The van der Waals surface area contributed by atoms with Crippen LogP contribution >= 0.6 is 11.3 Å². The minimum Gasteiger partial charge on any atom is -0.381 e. The first-order valence-corrected chi connectivity index (χ1v) is 9.28. The number of aryl methyl sites for hydroxylation is 2. The van der Waals surface area contributed by atoms with Gasteiger partial charge in [-0.05, 0) is 45.6 Å². The predicted molar refractivity (Wildman–Crippen MR) is 93.2 cm³/mol. The summed E-state index contributed by atoms with van der Waals surface area (Å²) in [5, 5.41) is 0. The molecule has 23 heavy (non-hydrogen) atoms. The van der Waals surface area contributed by atoms with Gasteiger partial charge >= 0.3 is 0 Å². The molecule has 0 radical (unpaired) electrons. The molecule has 1 aliphatic rings. The fourth-order valence-electron chi connectivity index (χ4n) is 3.05. The Morgan fingerprint density at radius 1 is 1.26 bits per heavy atom. The van der Waals surface area contributed by atoms with E-state index in [9.17, 15) is 9.59 Å². The molecule has 0 N–H and O–H groups in total. The molecule has 1 fully saturated rings. The van der Waals surface area contributed by atoms with Gasteiger partial charge in [-0.1, -0.05) is 0 Å². The quantitative estimate of drug-likeness (QED) is 0.714. The number of nitrogens with zero attached hydrogens (tertiary/aromatic N) is 1. The van der Waals surface area contributed by atoms with Crippen LogP contribution in [0.1, 0.15) is 52.7 Å². The van der Waals surface area contributed by atoms with Crippen LogP contribution in [0.15, 0.2) is 6.07 Å². The van der Waals surface area contributed by atoms with Crippen LogP contribution in [0.25, 0.3) is 0 Å².